The number of fused-ring (bicyclic) bond motifs is 6. The fourth-order valence-electron chi connectivity index (χ4n) is 9.64. The molecule has 0 bridgehead atoms. The van der Waals surface area contributed by atoms with Crippen LogP contribution < -0.4 is 0 Å². The van der Waals surface area contributed by atoms with Gasteiger partial charge in [-0.2, -0.15) is 0 Å². The van der Waals surface area contributed by atoms with E-state index in [1.54, 1.807) is 0 Å². The van der Waals surface area contributed by atoms with Gasteiger partial charge in [-0.1, -0.05) is 176 Å². The van der Waals surface area contributed by atoms with Gasteiger partial charge in [-0.05, 0) is 72.1 Å². The minimum absolute atomic E-state index is 0.680. The van der Waals surface area contributed by atoms with E-state index in [1.165, 1.54) is 38.2 Å². The lowest BCUT2D eigenvalue weighted by atomic mass is 9.93. The van der Waals surface area contributed by atoms with E-state index in [0.29, 0.717) is 5.82 Å². The lowest BCUT2D eigenvalue weighted by Gasteiger charge is -2.22. The fraction of sp³-hybridized carbons (Fsp3) is 0.0169. The molecule has 63 heavy (non-hydrogen) atoms. The summed E-state index contributed by atoms with van der Waals surface area (Å²) in [6, 6.07) is 80.4. The minimum Gasteiger partial charge on any atom is -0.309 e. The number of rotatable bonds is 7. The molecule has 296 valence electrons. The Hall–Kier alpha value is -8.34. The molecule has 0 radical (unpaired) electrons. The Morgan fingerprint density at radius 3 is 1.49 bits per heavy atom. The molecule has 0 N–H and O–H groups in total. The van der Waals surface area contributed by atoms with Crippen molar-refractivity contribution in [2.75, 3.05) is 0 Å². The molecule has 4 nitrogen and oxygen atoms in total. The molecule has 0 saturated carbocycles. The van der Waals surface area contributed by atoms with Crippen LogP contribution in [-0.2, 0) is 0 Å². The summed E-state index contributed by atoms with van der Waals surface area (Å²) in [6.45, 7) is 2.19. The van der Waals surface area contributed by atoms with Crippen LogP contribution in [0.3, 0.4) is 0 Å². The zero-order chi connectivity index (χ0) is 41.9. The third-order valence-corrected chi connectivity index (χ3v) is 12.5. The van der Waals surface area contributed by atoms with Crippen molar-refractivity contribution in [2.45, 2.75) is 6.92 Å². The van der Waals surface area contributed by atoms with Gasteiger partial charge in [0.25, 0.3) is 0 Å². The number of hydrogen-bond donors (Lipinski definition) is 0. The summed E-state index contributed by atoms with van der Waals surface area (Å²) in [5.41, 5.74) is 17.4. The maximum Gasteiger partial charge on any atom is 0.160 e. The number of hydrogen-bond acceptors (Lipinski definition) is 2. The Balaban J connectivity index is 1.20. The average molecular weight is 805 g/mol. The van der Waals surface area contributed by atoms with Crippen LogP contribution in [0, 0.1) is 6.92 Å². The summed E-state index contributed by atoms with van der Waals surface area (Å²) in [4.78, 5) is 10.7. The molecule has 3 aromatic heterocycles. The van der Waals surface area contributed by atoms with Crippen LogP contribution in [0.15, 0.2) is 224 Å². The van der Waals surface area contributed by atoms with E-state index >= 15 is 0 Å². The third-order valence-electron chi connectivity index (χ3n) is 12.5. The van der Waals surface area contributed by atoms with Crippen molar-refractivity contribution >= 4 is 43.6 Å². The van der Waals surface area contributed by atoms with Crippen molar-refractivity contribution in [3.05, 3.63) is 230 Å². The SMILES string of the molecule is Cc1ccccc1-c1ccc2c(c1)c1ccccc1n2-c1cccc(-c2cc(-c3ccccc3)nc(-c3ccccc3)n2)c1-c1ccccc1-n1c2ccccc2c2ccccc21. The van der Waals surface area contributed by atoms with E-state index in [0.717, 1.165) is 72.6 Å². The number of aryl methyl sites for hydroxylation is 1. The van der Waals surface area contributed by atoms with Gasteiger partial charge >= 0.3 is 0 Å². The largest absolute Gasteiger partial charge is 0.309 e. The van der Waals surface area contributed by atoms with Gasteiger partial charge in [-0.3, -0.25) is 0 Å². The van der Waals surface area contributed by atoms with Crippen molar-refractivity contribution in [3.8, 4) is 67.5 Å². The van der Waals surface area contributed by atoms with E-state index < -0.39 is 0 Å². The highest BCUT2D eigenvalue weighted by molar-refractivity contribution is 6.13. The first-order chi connectivity index (χ1) is 31.2. The molecule has 0 amide bonds. The molecule has 0 atom stereocenters. The first-order valence-corrected chi connectivity index (χ1v) is 21.5. The molecule has 12 aromatic rings. The van der Waals surface area contributed by atoms with Crippen molar-refractivity contribution in [2.24, 2.45) is 0 Å². The summed E-state index contributed by atoms with van der Waals surface area (Å²) in [5, 5.41) is 4.85. The maximum atomic E-state index is 5.45. The van der Waals surface area contributed by atoms with Crippen molar-refractivity contribution in [3.63, 3.8) is 0 Å². The molecule has 9 aromatic carbocycles. The zero-order valence-electron chi connectivity index (χ0n) is 34.7. The minimum atomic E-state index is 0.680. The summed E-state index contributed by atoms with van der Waals surface area (Å²) in [7, 11) is 0. The molecule has 0 fully saturated rings. The molecule has 3 heterocycles. The van der Waals surface area contributed by atoms with Gasteiger partial charge in [-0.15, -0.1) is 0 Å². The first kappa shape index (κ1) is 36.5. The van der Waals surface area contributed by atoms with Gasteiger partial charge in [-0.25, -0.2) is 9.97 Å². The van der Waals surface area contributed by atoms with Crippen molar-refractivity contribution < 1.29 is 0 Å². The van der Waals surface area contributed by atoms with Crippen LogP contribution >= 0.6 is 0 Å². The van der Waals surface area contributed by atoms with Gasteiger partial charge in [0.2, 0.25) is 0 Å². The van der Waals surface area contributed by atoms with Crippen LogP contribution in [0.25, 0.3) is 111 Å². The Morgan fingerprint density at radius 1 is 0.317 bits per heavy atom. The molecule has 12 rings (SSSR count). The highest BCUT2D eigenvalue weighted by Gasteiger charge is 2.24. The van der Waals surface area contributed by atoms with E-state index in [9.17, 15) is 0 Å². The molecule has 0 unspecified atom stereocenters. The van der Waals surface area contributed by atoms with Gasteiger partial charge in [0, 0.05) is 49.4 Å². The van der Waals surface area contributed by atoms with Gasteiger partial charge in [0.15, 0.2) is 5.82 Å². The first-order valence-electron chi connectivity index (χ1n) is 21.5. The van der Waals surface area contributed by atoms with Crippen LogP contribution in [0.1, 0.15) is 5.56 Å². The van der Waals surface area contributed by atoms with Crippen LogP contribution in [0.2, 0.25) is 0 Å². The van der Waals surface area contributed by atoms with Crippen molar-refractivity contribution in [1.82, 2.24) is 19.1 Å². The number of aromatic nitrogens is 4. The Bertz CT molecular complexity index is 3580. The normalized spacial score (nSPS) is 11.6. The topological polar surface area (TPSA) is 35.6 Å². The maximum absolute atomic E-state index is 5.45. The van der Waals surface area contributed by atoms with Crippen molar-refractivity contribution in [1.29, 1.82) is 0 Å². The molecule has 0 aliphatic heterocycles. The van der Waals surface area contributed by atoms with Gasteiger partial charge < -0.3 is 9.13 Å². The Morgan fingerprint density at radius 2 is 0.810 bits per heavy atom. The molecule has 0 saturated heterocycles. The average Bonchev–Trinajstić information content (AvgIpc) is 3.87. The summed E-state index contributed by atoms with van der Waals surface area (Å²) >= 11 is 0. The van der Waals surface area contributed by atoms with Crippen LogP contribution in [0.5, 0.6) is 0 Å². The third kappa shape index (κ3) is 6.07. The van der Waals surface area contributed by atoms with Gasteiger partial charge in [0.05, 0.1) is 44.8 Å². The Labute approximate surface area is 365 Å². The zero-order valence-corrected chi connectivity index (χ0v) is 34.7. The molecule has 0 aliphatic rings. The molecule has 4 heteroatoms. The molecule has 0 aliphatic carbocycles. The molecular weight excluding hydrogens is 765 g/mol. The number of nitrogens with zero attached hydrogens (tertiary/aromatic N) is 4. The second-order valence-electron chi connectivity index (χ2n) is 16.2. The van der Waals surface area contributed by atoms with E-state index in [1.807, 2.05) is 24.3 Å². The van der Waals surface area contributed by atoms with Crippen LogP contribution in [-0.4, -0.2) is 19.1 Å². The van der Waals surface area contributed by atoms with E-state index in [4.69, 9.17) is 9.97 Å². The fourth-order valence-corrected chi connectivity index (χ4v) is 9.64. The number of para-hydroxylation sites is 4. The predicted octanol–water partition coefficient (Wildman–Crippen LogP) is 15.3. The lowest BCUT2D eigenvalue weighted by molar-refractivity contribution is 1.15. The molecule has 0 spiro atoms. The quantitative estimate of drug-likeness (QED) is 0.161. The molecular formula is C59H40N4. The summed E-state index contributed by atoms with van der Waals surface area (Å²) in [6.07, 6.45) is 0. The van der Waals surface area contributed by atoms with Crippen LogP contribution in [0.4, 0.5) is 0 Å². The summed E-state index contributed by atoms with van der Waals surface area (Å²) < 4.78 is 4.90. The highest BCUT2D eigenvalue weighted by Crippen LogP contribution is 2.45. The smallest absolute Gasteiger partial charge is 0.160 e. The predicted molar refractivity (Wildman–Crippen MR) is 263 cm³/mol. The monoisotopic (exact) mass is 804 g/mol. The lowest BCUT2D eigenvalue weighted by Crippen LogP contribution is -2.04. The van der Waals surface area contributed by atoms with Gasteiger partial charge in [0.1, 0.15) is 0 Å². The Kier molecular flexibility index (Phi) is 8.68. The van der Waals surface area contributed by atoms with E-state index in [2.05, 4.69) is 216 Å². The van der Waals surface area contributed by atoms with E-state index in [-0.39, 0.29) is 0 Å². The highest BCUT2D eigenvalue weighted by atomic mass is 15.0. The number of benzene rings is 9. The second-order valence-corrected chi connectivity index (χ2v) is 16.2. The standard InChI is InChI=1S/C59H40N4/c1-39-19-8-9-24-43(39)42-35-36-56-49(37-42)46-27-12-16-32-54(46)63(56)57-34-18-29-47(51-38-50(40-20-4-2-5-21-40)60-59(61-51)41-22-6-3-7-23-41)58(57)48-28-13-17-33-55(48)62-52-30-14-10-25-44(52)45-26-11-15-31-53(45)62/h2-38H,1H3. The summed E-state index contributed by atoms with van der Waals surface area (Å²) in [5.74, 6) is 0.680. The second kappa shape index (κ2) is 15.0.